The first-order valence-electron chi connectivity index (χ1n) is 6.53. The largest absolute Gasteiger partial charge is 0.487 e. The molecule has 1 aliphatic rings. The Bertz CT molecular complexity index is 557. The number of nitrogens with two attached hydrogens (primary N) is 1. The van der Waals surface area contributed by atoms with Gasteiger partial charge >= 0.3 is 0 Å². The first-order valence-corrected chi connectivity index (χ1v) is 7.89. The topological polar surface area (TPSA) is 52.3 Å². The Morgan fingerprint density at radius 1 is 1.60 bits per heavy atom. The summed E-state index contributed by atoms with van der Waals surface area (Å²) < 4.78 is 5.72. The fourth-order valence-electron chi connectivity index (χ4n) is 2.17. The van der Waals surface area contributed by atoms with Gasteiger partial charge in [-0.25, -0.2) is 0 Å². The lowest BCUT2D eigenvalue weighted by molar-refractivity contribution is -0.114. The Balaban J connectivity index is 2.26. The van der Waals surface area contributed by atoms with Crippen LogP contribution in [0, 0.1) is 0 Å². The number of ketones is 1. The van der Waals surface area contributed by atoms with E-state index in [-0.39, 0.29) is 11.9 Å². The van der Waals surface area contributed by atoms with E-state index in [0.717, 1.165) is 28.2 Å². The van der Waals surface area contributed by atoms with Crippen molar-refractivity contribution in [3.63, 3.8) is 0 Å². The predicted molar refractivity (Wildman–Crippen MR) is 85.4 cm³/mol. The second-order valence-electron chi connectivity index (χ2n) is 4.77. The molecule has 20 heavy (non-hydrogen) atoms. The molecule has 2 rings (SSSR count). The van der Waals surface area contributed by atoms with Gasteiger partial charge in [-0.2, -0.15) is 0 Å². The number of carbonyl (C=O) groups excluding carboxylic acids is 1. The van der Waals surface area contributed by atoms with Gasteiger partial charge in [0.25, 0.3) is 0 Å². The summed E-state index contributed by atoms with van der Waals surface area (Å²) in [4.78, 5) is 12.2. The molecule has 0 amide bonds. The minimum Gasteiger partial charge on any atom is -0.487 e. The summed E-state index contributed by atoms with van der Waals surface area (Å²) in [5.41, 5.74) is 7.77. The van der Waals surface area contributed by atoms with Crippen molar-refractivity contribution < 1.29 is 9.53 Å². The van der Waals surface area contributed by atoms with Crippen molar-refractivity contribution in [3.05, 3.63) is 34.4 Å². The van der Waals surface area contributed by atoms with Gasteiger partial charge in [-0.3, -0.25) is 4.79 Å². The van der Waals surface area contributed by atoms with Gasteiger partial charge < -0.3 is 10.5 Å². The molecule has 0 fully saturated rings. The highest BCUT2D eigenvalue weighted by atomic mass is 35.5. The molecule has 1 unspecified atom stereocenters. The predicted octanol–water partition coefficient (Wildman–Crippen LogP) is 3.29. The van der Waals surface area contributed by atoms with Crippen LogP contribution in [0.5, 0.6) is 5.75 Å². The molecule has 0 spiro atoms. The lowest BCUT2D eigenvalue weighted by atomic mass is 10.1. The van der Waals surface area contributed by atoms with Gasteiger partial charge in [0.05, 0.1) is 10.8 Å². The van der Waals surface area contributed by atoms with Gasteiger partial charge in [-0.1, -0.05) is 17.7 Å². The highest BCUT2D eigenvalue weighted by Crippen LogP contribution is 2.40. The van der Waals surface area contributed by atoms with E-state index in [1.165, 1.54) is 11.8 Å². The van der Waals surface area contributed by atoms with Crippen LogP contribution in [0.4, 0.5) is 0 Å². The number of Topliss-reactive ketones (excluding diaryl/α,β-unsaturated/α-hetero) is 1. The average molecular weight is 312 g/mol. The van der Waals surface area contributed by atoms with Gasteiger partial charge in [-0.05, 0) is 31.5 Å². The minimum atomic E-state index is 0.0108. The van der Waals surface area contributed by atoms with Crippen molar-refractivity contribution in [3.8, 4) is 5.75 Å². The average Bonchev–Trinajstić information content (AvgIpc) is 2.83. The fraction of sp³-hybridized carbons (Fsp3) is 0.400. The molecule has 0 saturated carbocycles. The number of hydrogen-bond acceptors (Lipinski definition) is 4. The number of carbonyl (C=O) groups is 1. The third kappa shape index (κ3) is 3.37. The number of halogens is 1. The number of ether oxygens (including phenoxy) is 1. The Morgan fingerprint density at radius 2 is 2.35 bits per heavy atom. The number of rotatable bonds is 5. The van der Waals surface area contributed by atoms with E-state index in [1.807, 2.05) is 19.1 Å². The molecule has 1 aliphatic heterocycles. The molecule has 0 radical (unpaired) electrons. The van der Waals surface area contributed by atoms with Gasteiger partial charge in [0.2, 0.25) is 0 Å². The lowest BCUT2D eigenvalue weighted by Gasteiger charge is -2.10. The molecule has 0 aliphatic carbocycles. The van der Waals surface area contributed by atoms with Gasteiger partial charge in [-0.15, -0.1) is 11.8 Å². The van der Waals surface area contributed by atoms with E-state index >= 15 is 0 Å². The molecule has 2 N–H and O–H groups in total. The standard InChI is InChI=1S/C15H18ClNO2S/c1-3-14(20-8-9(2)18)10-4-11-5-12(7-17)19-15(11)13(16)6-10/h3-4,6,12H,5,7-8,17H2,1-2H3/b14-3-. The van der Waals surface area contributed by atoms with E-state index in [2.05, 4.69) is 6.07 Å². The Morgan fingerprint density at radius 3 is 2.95 bits per heavy atom. The normalized spacial score (nSPS) is 17.8. The van der Waals surface area contributed by atoms with Crippen LogP contribution >= 0.6 is 23.4 Å². The van der Waals surface area contributed by atoms with Crippen LogP contribution in [0.15, 0.2) is 18.2 Å². The number of allylic oxidation sites excluding steroid dienone is 1. The van der Waals surface area contributed by atoms with Gasteiger partial charge in [0.15, 0.2) is 0 Å². The molecule has 0 saturated heterocycles. The summed E-state index contributed by atoms with van der Waals surface area (Å²) in [6.45, 7) is 4.04. The molecule has 1 atom stereocenters. The molecule has 0 aromatic heterocycles. The molecule has 1 aromatic rings. The van der Waals surface area contributed by atoms with Crippen molar-refractivity contribution in [2.24, 2.45) is 5.73 Å². The maximum absolute atomic E-state index is 11.1. The Kier molecular flexibility index (Phi) is 5.13. The number of hydrogen-bond donors (Lipinski definition) is 1. The first-order chi connectivity index (χ1) is 9.55. The van der Waals surface area contributed by atoms with Crippen molar-refractivity contribution >= 4 is 34.1 Å². The van der Waals surface area contributed by atoms with Gasteiger partial charge in [0.1, 0.15) is 17.6 Å². The summed E-state index contributed by atoms with van der Waals surface area (Å²) in [7, 11) is 0. The molecule has 1 heterocycles. The van der Waals surface area contributed by atoms with Crippen LogP contribution in [-0.2, 0) is 11.2 Å². The maximum atomic E-state index is 11.1. The van der Waals surface area contributed by atoms with E-state index < -0.39 is 0 Å². The monoisotopic (exact) mass is 311 g/mol. The highest BCUT2D eigenvalue weighted by molar-refractivity contribution is 8.08. The maximum Gasteiger partial charge on any atom is 0.141 e. The molecular weight excluding hydrogens is 294 g/mol. The quantitative estimate of drug-likeness (QED) is 0.906. The Hall–Kier alpha value is -0.970. The molecule has 3 nitrogen and oxygen atoms in total. The van der Waals surface area contributed by atoms with Crippen molar-refractivity contribution in [1.82, 2.24) is 0 Å². The zero-order valence-electron chi connectivity index (χ0n) is 11.6. The van der Waals surface area contributed by atoms with Crippen molar-refractivity contribution in [2.75, 3.05) is 12.3 Å². The fourth-order valence-corrected chi connectivity index (χ4v) is 3.27. The third-order valence-corrected chi connectivity index (χ3v) is 4.71. The van der Waals surface area contributed by atoms with E-state index in [0.29, 0.717) is 17.3 Å². The summed E-state index contributed by atoms with van der Waals surface area (Å²) in [5, 5.41) is 0.608. The van der Waals surface area contributed by atoms with E-state index in [9.17, 15) is 4.79 Å². The van der Waals surface area contributed by atoms with Crippen LogP contribution < -0.4 is 10.5 Å². The smallest absolute Gasteiger partial charge is 0.141 e. The zero-order chi connectivity index (χ0) is 14.7. The SMILES string of the molecule is C/C=C(\SCC(C)=O)c1cc(Cl)c2c(c1)CC(CN)O2. The summed E-state index contributed by atoms with van der Waals surface area (Å²) >= 11 is 7.82. The van der Waals surface area contributed by atoms with Crippen molar-refractivity contribution in [2.45, 2.75) is 26.4 Å². The van der Waals surface area contributed by atoms with Crippen LogP contribution in [-0.4, -0.2) is 24.2 Å². The third-order valence-electron chi connectivity index (χ3n) is 3.09. The second-order valence-corrected chi connectivity index (χ2v) is 6.19. The van der Waals surface area contributed by atoms with E-state index in [1.54, 1.807) is 6.92 Å². The first kappa shape index (κ1) is 15.4. The Labute approximate surface area is 128 Å². The van der Waals surface area contributed by atoms with Crippen molar-refractivity contribution in [1.29, 1.82) is 0 Å². The highest BCUT2D eigenvalue weighted by Gasteiger charge is 2.25. The number of fused-ring (bicyclic) bond motifs is 1. The summed E-state index contributed by atoms with van der Waals surface area (Å²) in [5.74, 6) is 1.38. The molecule has 5 heteroatoms. The zero-order valence-corrected chi connectivity index (χ0v) is 13.2. The van der Waals surface area contributed by atoms with Crippen LogP contribution in [0.25, 0.3) is 4.91 Å². The second kappa shape index (κ2) is 6.66. The van der Waals surface area contributed by atoms with Crippen LogP contribution in [0.3, 0.4) is 0 Å². The molecule has 108 valence electrons. The summed E-state index contributed by atoms with van der Waals surface area (Å²) in [6.07, 6.45) is 2.80. The number of thioether (sulfide) groups is 1. The van der Waals surface area contributed by atoms with Crippen LogP contribution in [0.1, 0.15) is 25.0 Å². The lowest BCUT2D eigenvalue weighted by Crippen LogP contribution is -2.24. The minimum absolute atomic E-state index is 0.0108. The van der Waals surface area contributed by atoms with Gasteiger partial charge in [0, 0.05) is 23.4 Å². The molecule has 1 aromatic carbocycles. The summed E-state index contributed by atoms with van der Waals surface area (Å²) in [6, 6.07) is 3.97. The van der Waals surface area contributed by atoms with E-state index in [4.69, 9.17) is 22.1 Å². The molecule has 0 bridgehead atoms. The van der Waals surface area contributed by atoms with Crippen LogP contribution in [0.2, 0.25) is 5.02 Å². The number of benzene rings is 1. The molecular formula is C15H18ClNO2S.